The van der Waals surface area contributed by atoms with E-state index in [9.17, 15) is 14.4 Å². The van der Waals surface area contributed by atoms with Crippen molar-refractivity contribution < 1.29 is 14.4 Å². The normalized spacial score (nSPS) is 24.5. The lowest BCUT2D eigenvalue weighted by Gasteiger charge is -2.27. The molecule has 2 aliphatic heterocycles. The summed E-state index contributed by atoms with van der Waals surface area (Å²) in [6, 6.07) is -0.0385. The van der Waals surface area contributed by atoms with E-state index >= 15 is 0 Å². The van der Waals surface area contributed by atoms with E-state index in [4.69, 9.17) is 0 Å². The molecule has 0 aromatic heterocycles. The molecular formula is C20H35N3O3. The number of nitrogens with zero attached hydrogens (tertiary/aromatic N) is 2. The largest absolute Gasteiger partial charge is 0.338 e. The van der Waals surface area contributed by atoms with Gasteiger partial charge in [0, 0.05) is 32.6 Å². The molecule has 2 heterocycles. The Kier molecular flexibility index (Phi) is 6.03. The van der Waals surface area contributed by atoms with Crippen LogP contribution in [0.5, 0.6) is 0 Å². The van der Waals surface area contributed by atoms with Gasteiger partial charge in [-0.2, -0.15) is 0 Å². The van der Waals surface area contributed by atoms with E-state index < -0.39 is 0 Å². The first-order valence-electron chi connectivity index (χ1n) is 9.78. The third kappa shape index (κ3) is 4.77. The van der Waals surface area contributed by atoms with Gasteiger partial charge in [-0.25, -0.2) is 4.79 Å². The first-order chi connectivity index (χ1) is 11.9. The second-order valence-electron chi connectivity index (χ2n) is 9.89. The van der Waals surface area contributed by atoms with Gasteiger partial charge in [0.2, 0.25) is 11.8 Å². The summed E-state index contributed by atoms with van der Waals surface area (Å²) in [5.41, 5.74) is 0.0180. The molecule has 2 rings (SSSR count). The number of rotatable bonds is 4. The zero-order valence-electron chi connectivity index (χ0n) is 17.2. The summed E-state index contributed by atoms with van der Waals surface area (Å²) >= 11 is 0. The Balaban J connectivity index is 1.73. The van der Waals surface area contributed by atoms with Crippen LogP contribution in [0.15, 0.2) is 0 Å². The fraction of sp³-hybridized carbons (Fsp3) is 0.850. The van der Waals surface area contributed by atoms with Gasteiger partial charge in [0.15, 0.2) is 0 Å². The van der Waals surface area contributed by atoms with E-state index in [1.54, 1.807) is 0 Å². The Morgan fingerprint density at radius 2 is 1.77 bits per heavy atom. The van der Waals surface area contributed by atoms with Gasteiger partial charge >= 0.3 is 6.03 Å². The summed E-state index contributed by atoms with van der Waals surface area (Å²) in [6.07, 6.45) is 1.94. The van der Waals surface area contributed by atoms with Gasteiger partial charge in [-0.3, -0.25) is 14.5 Å². The fourth-order valence-electron chi connectivity index (χ4n) is 3.79. The van der Waals surface area contributed by atoms with Crippen LogP contribution >= 0.6 is 0 Å². The van der Waals surface area contributed by atoms with Crippen molar-refractivity contribution in [3.05, 3.63) is 0 Å². The molecule has 0 radical (unpaired) electrons. The molecule has 0 aliphatic carbocycles. The number of carbonyl (C=O) groups is 3. The maximum atomic E-state index is 12.4. The van der Waals surface area contributed by atoms with E-state index in [1.165, 1.54) is 4.90 Å². The molecule has 2 fully saturated rings. The number of hydrogen-bond acceptors (Lipinski definition) is 3. The van der Waals surface area contributed by atoms with Gasteiger partial charge in [-0.15, -0.1) is 0 Å². The van der Waals surface area contributed by atoms with E-state index in [2.05, 4.69) is 26.1 Å². The van der Waals surface area contributed by atoms with Crippen LogP contribution in [0.4, 0.5) is 4.79 Å². The van der Waals surface area contributed by atoms with Crippen molar-refractivity contribution in [1.29, 1.82) is 0 Å². The SMILES string of the molecule is CC(C)(C)C1CC(=O)N(CCCNC(=O)N2CC[C@@H](C(C)(C)C)C2)C1=O. The van der Waals surface area contributed by atoms with Crippen molar-refractivity contribution >= 4 is 17.8 Å². The van der Waals surface area contributed by atoms with Crippen molar-refractivity contribution in [2.45, 2.75) is 60.8 Å². The maximum absolute atomic E-state index is 12.4. The minimum atomic E-state index is -0.233. The van der Waals surface area contributed by atoms with Crippen LogP contribution < -0.4 is 5.32 Å². The highest BCUT2D eigenvalue weighted by Gasteiger charge is 2.44. The number of carbonyl (C=O) groups excluding carboxylic acids is 3. The van der Waals surface area contributed by atoms with Crippen LogP contribution in [0.1, 0.15) is 60.8 Å². The molecule has 6 nitrogen and oxygen atoms in total. The number of likely N-dealkylation sites (tertiary alicyclic amines) is 2. The molecule has 0 aromatic rings. The molecule has 0 saturated carbocycles. The zero-order chi connectivity index (χ0) is 19.7. The Morgan fingerprint density at radius 1 is 1.12 bits per heavy atom. The second-order valence-corrected chi connectivity index (χ2v) is 9.89. The standard InChI is InChI=1S/C20H35N3O3/c1-19(2,3)14-8-11-22(13-14)18(26)21-9-7-10-23-16(24)12-15(17(23)25)20(4,5)6/h14-15H,7-13H2,1-6H3,(H,21,26)/t14-,15?/m1/s1. The molecule has 4 amide bonds. The third-order valence-corrected chi connectivity index (χ3v) is 5.82. The number of urea groups is 1. The Hall–Kier alpha value is -1.59. The van der Waals surface area contributed by atoms with Gasteiger partial charge in [0.05, 0.1) is 5.92 Å². The Labute approximate surface area is 157 Å². The van der Waals surface area contributed by atoms with Gasteiger partial charge in [-0.1, -0.05) is 41.5 Å². The van der Waals surface area contributed by atoms with Crippen molar-refractivity contribution in [2.75, 3.05) is 26.2 Å². The van der Waals surface area contributed by atoms with Gasteiger partial charge < -0.3 is 10.2 Å². The van der Waals surface area contributed by atoms with Crippen LogP contribution in [0, 0.1) is 22.7 Å². The summed E-state index contributed by atoms with van der Waals surface area (Å²) in [4.78, 5) is 40.1. The van der Waals surface area contributed by atoms with Crippen LogP contribution in [0.3, 0.4) is 0 Å². The highest BCUT2D eigenvalue weighted by molar-refractivity contribution is 6.03. The number of imide groups is 1. The molecule has 1 unspecified atom stereocenters. The highest BCUT2D eigenvalue weighted by atomic mass is 16.2. The van der Waals surface area contributed by atoms with Crippen LogP contribution in [-0.2, 0) is 9.59 Å². The van der Waals surface area contributed by atoms with E-state index in [1.807, 2.05) is 25.7 Å². The molecule has 26 heavy (non-hydrogen) atoms. The van der Waals surface area contributed by atoms with E-state index in [0.29, 0.717) is 31.8 Å². The molecule has 2 atom stereocenters. The van der Waals surface area contributed by atoms with Crippen LogP contribution in [0.2, 0.25) is 0 Å². The number of amides is 4. The van der Waals surface area contributed by atoms with E-state index in [0.717, 1.165) is 19.5 Å². The van der Waals surface area contributed by atoms with Gasteiger partial charge in [-0.05, 0) is 29.6 Å². The fourth-order valence-corrected chi connectivity index (χ4v) is 3.79. The predicted octanol–water partition coefficient (Wildman–Crippen LogP) is 2.88. The van der Waals surface area contributed by atoms with Gasteiger partial charge in [0.1, 0.15) is 0 Å². The molecule has 148 valence electrons. The van der Waals surface area contributed by atoms with Crippen molar-refractivity contribution in [2.24, 2.45) is 22.7 Å². The average molecular weight is 366 g/mol. The molecule has 1 N–H and O–H groups in total. The molecule has 2 aliphatic rings. The summed E-state index contributed by atoms with van der Waals surface area (Å²) in [6.45, 7) is 15.1. The van der Waals surface area contributed by atoms with Crippen molar-refractivity contribution in [3.63, 3.8) is 0 Å². The lowest BCUT2D eigenvalue weighted by Crippen LogP contribution is -2.41. The first kappa shape index (κ1) is 20.7. The quantitative estimate of drug-likeness (QED) is 0.615. The summed E-state index contributed by atoms with van der Waals surface area (Å²) in [5.74, 6) is 0.140. The first-order valence-corrected chi connectivity index (χ1v) is 9.78. The zero-order valence-corrected chi connectivity index (χ0v) is 17.2. The summed E-state index contributed by atoms with van der Waals surface area (Å²) in [7, 11) is 0. The predicted molar refractivity (Wildman–Crippen MR) is 101 cm³/mol. The number of nitrogens with one attached hydrogen (secondary N) is 1. The average Bonchev–Trinajstić information content (AvgIpc) is 3.09. The minimum absolute atomic E-state index is 0.0385. The molecule has 0 bridgehead atoms. The Bertz CT molecular complexity index is 560. The molecule has 0 aromatic carbocycles. The lowest BCUT2D eigenvalue weighted by atomic mass is 9.80. The third-order valence-electron chi connectivity index (χ3n) is 5.82. The van der Waals surface area contributed by atoms with Crippen LogP contribution in [-0.4, -0.2) is 53.8 Å². The van der Waals surface area contributed by atoms with E-state index in [-0.39, 0.29) is 34.6 Å². The molecule has 0 spiro atoms. The Morgan fingerprint density at radius 3 is 2.27 bits per heavy atom. The molecule has 2 saturated heterocycles. The minimum Gasteiger partial charge on any atom is -0.338 e. The summed E-state index contributed by atoms with van der Waals surface area (Å²) in [5, 5.41) is 2.93. The molecular weight excluding hydrogens is 330 g/mol. The second kappa shape index (κ2) is 7.57. The smallest absolute Gasteiger partial charge is 0.317 e. The number of hydrogen-bond donors (Lipinski definition) is 1. The van der Waals surface area contributed by atoms with Gasteiger partial charge in [0.25, 0.3) is 0 Å². The monoisotopic (exact) mass is 365 g/mol. The molecule has 6 heteroatoms. The highest BCUT2D eigenvalue weighted by Crippen LogP contribution is 2.35. The maximum Gasteiger partial charge on any atom is 0.317 e. The van der Waals surface area contributed by atoms with Crippen LogP contribution in [0.25, 0.3) is 0 Å². The van der Waals surface area contributed by atoms with Crippen molar-refractivity contribution in [1.82, 2.24) is 15.1 Å². The lowest BCUT2D eigenvalue weighted by molar-refractivity contribution is -0.140. The van der Waals surface area contributed by atoms with Crippen molar-refractivity contribution in [3.8, 4) is 0 Å². The topological polar surface area (TPSA) is 69.7 Å². The summed E-state index contributed by atoms with van der Waals surface area (Å²) < 4.78 is 0.